The maximum absolute atomic E-state index is 11.3. The largest absolute Gasteiger partial charge is 0.356 e. The second kappa shape index (κ2) is 5.57. The number of carbonyl (C=O) groups is 1. The lowest BCUT2D eigenvalue weighted by Gasteiger charge is -2.07. The maximum atomic E-state index is 11.3. The lowest BCUT2D eigenvalue weighted by molar-refractivity contribution is -0.123. The normalized spacial score (nSPS) is 11.1. The molecule has 0 radical (unpaired) electrons. The third-order valence-corrected chi connectivity index (χ3v) is 2.65. The summed E-state index contributed by atoms with van der Waals surface area (Å²) in [5, 5.41) is 6.92. The summed E-state index contributed by atoms with van der Waals surface area (Å²) in [7, 11) is 0. The predicted molar refractivity (Wildman–Crippen MR) is 67.0 cm³/mol. The molecule has 0 aliphatic heterocycles. The van der Waals surface area contributed by atoms with Gasteiger partial charge < -0.3 is 5.32 Å². The van der Waals surface area contributed by atoms with E-state index in [0.717, 1.165) is 18.4 Å². The van der Waals surface area contributed by atoms with Crippen LogP contribution in [0.1, 0.15) is 25.8 Å². The van der Waals surface area contributed by atoms with Gasteiger partial charge in [0.25, 0.3) is 5.78 Å². The van der Waals surface area contributed by atoms with E-state index in [2.05, 4.69) is 20.4 Å². The van der Waals surface area contributed by atoms with Crippen LogP contribution in [-0.4, -0.2) is 32.0 Å². The number of nitrogens with zero attached hydrogens (tertiary/aromatic N) is 4. The molecular formula is C12H17N5O. The molecule has 6 nitrogen and oxygen atoms in total. The smallest absolute Gasteiger partial charge is 0.252 e. The minimum absolute atomic E-state index is 0.0400. The molecule has 0 bridgehead atoms. The van der Waals surface area contributed by atoms with Crippen molar-refractivity contribution in [3.63, 3.8) is 0 Å². The Bertz CT molecular complexity index is 534. The number of aromatic nitrogens is 4. The highest BCUT2D eigenvalue weighted by molar-refractivity contribution is 5.77. The highest BCUT2D eigenvalue weighted by Crippen LogP contribution is 2.02. The van der Waals surface area contributed by atoms with Gasteiger partial charge in [-0.25, -0.2) is 9.50 Å². The first-order valence-corrected chi connectivity index (χ1v) is 6.09. The van der Waals surface area contributed by atoms with Crippen LogP contribution in [0.3, 0.4) is 0 Å². The van der Waals surface area contributed by atoms with Gasteiger partial charge in [-0.2, -0.15) is 10.1 Å². The monoisotopic (exact) mass is 247 g/mol. The molecule has 1 N–H and O–H groups in total. The molecule has 0 saturated heterocycles. The van der Waals surface area contributed by atoms with Crippen LogP contribution in [0.15, 0.2) is 18.7 Å². The zero-order valence-electron chi connectivity index (χ0n) is 10.6. The number of hydrogen-bond donors (Lipinski definition) is 1. The Balaban J connectivity index is 1.81. The fourth-order valence-electron chi connectivity index (χ4n) is 1.60. The zero-order chi connectivity index (χ0) is 13.0. The summed E-state index contributed by atoms with van der Waals surface area (Å²) in [6.45, 7) is 4.46. The van der Waals surface area contributed by atoms with E-state index in [9.17, 15) is 4.79 Å². The molecule has 6 heteroatoms. The first-order chi connectivity index (χ1) is 8.66. The van der Waals surface area contributed by atoms with Gasteiger partial charge >= 0.3 is 0 Å². The maximum Gasteiger partial charge on any atom is 0.252 e. The topological polar surface area (TPSA) is 72.2 Å². The molecule has 2 heterocycles. The minimum atomic E-state index is 0.0400. The van der Waals surface area contributed by atoms with Crippen molar-refractivity contribution in [1.29, 1.82) is 0 Å². The van der Waals surface area contributed by atoms with Crippen LogP contribution in [0, 0.1) is 5.92 Å². The molecule has 0 saturated carbocycles. The Morgan fingerprint density at radius 1 is 1.44 bits per heavy atom. The molecule has 1 amide bonds. The molecule has 2 aromatic rings. The van der Waals surface area contributed by atoms with E-state index < -0.39 is 0 Å². The Labute approximate surface area is 105 Å². The van der Waals surface area contributed by atoms with E-state index >= 15 is 0 Å². The fourth-order valence-corrected chi connectivity index (χ4v) is 1.60. The van der Waals surface area contributed by atoms with Gasteiger partial charge in [0.05, 0.1) is 0 Å². The molecule has 18 heavy (non-hydrogen) atoms. The van der Waals surface area contributed by atoms with Crippen molar-refractivity contribution in [3.8, 4) is 0 Å². The molecule has 0 aromatic carbocycles. The van der Waals surface area contributed by atoms with E-state index in [1.165, 1.54) is 6.33 Å². The predicted octanol–water partition coefficient (Wildman–Crippen LogP) is 0.829. The van der Waals surface area contributed by atoms with Crippen molar-refractivity contribution in [2.45, 2.75) is 26.7 Å². The summed E-state index contributed by atoms with van der Waals surface area (Å²) in [5.41, 5.74) is 1.09. The average molecular weight is 247 g/mol. The SMILES string of the molecule is CC(C)C(=O)NCCCc1cnc2ncnn2c1. The van der Waals surface area contributed by atoms with Gasteiger partial charge in [0.1, 0.15) is 6.33 Å². The highest BCUT2D eigenvalue weighted by atomic mass is 16.1. The molecular weight excluding hydrogens is 230 g/mol. The van der Waals surface area contributed by atoms with Crippen molar-refractivity contribution in [2.24, 2.45) is 5.92 Å². The second-order valence-electron chi connectivity index (χ2n) is 4.52. The van der Waals surface area contributed by atoms with Crippen molar-refractivity contribution in [2.75, 3.05) is 6.54 Å². The Morgan fingerprint density at radius 3 is 3.06 bits per heavy atom. The van der Waals surface area contributed by atoms with Crippen LogP contribution >= 0.6 is 0 Å². The van der Waals surface area contributed by atoms with Crippen LogP contribution < -0.4 is 5.32 Å². The van der Waals surface area contributed by atoms with Gasteiger partial charge in [-0.3, -0.25) is 4.79 Å². The molecule has 0 unspecified atom stereocenters. The first-order valence-electron chi connectivity index (χ1n) is 6.09. The summed E-state index contributed by atoms with van der Waals surface area (Å²) >= 11 is 0. The number of carbonyl (C=O) groups excluding carboxylic acids is 1. The van der Waals surface area contributed by atoms with Gasteiger partial charge in [0.2, 0.25) is 5.91 Å². The molecule has 2 rings (SSSR count). The Hall–Kier alpha value is -1.98. The van der Waals surface area contributed by atoms with Crippen molar-refractivity contribution in [1.82, 2.24) is 24.9 Å². The lowest BCUT2D eigenvalue weighted by Crippen LogP contribution is -2.28. The highest BCUT2D eigenvalue weighted by Gasteiger charge is 2.05. The average Bonchev–Trinajstić information content (AvgIpc) is 2.81. The molecule has 0 fully saturated rings. The number of amides is 1. The Morgan fingerprint density at radius 2 is 2.28 bits per heavy atom. The molecule has 0 aliphatic carbocycles. The standard InChI is InChI=1S/C12H17N5O/c1-9(2)11(18)13-5-3-4-10-6-14-12-15-8-16-17(12)7-10/h6-9H,3-5H2,1-2H3,(H,13,18). The van der Waals surface area contributed by atoms with E-state index in [0.29, 0.717) is 12.3 Å². The molecule has 2 aromatic heterocycles. The molecule has 0 spiro atoms. The molecule has 0 atom stereocenters. The summed E-state index contributed by atoms with van der Waals surface area (Å²) in [6, 6.07) is 0. The minimum Gasteiger partial charge on any atom is -0.356 e. The van der Waals surface area contributed by atoms with E-state index in [1.807, 2.05) is 20.0 Å². The summed E-state index contributed by atoms with van der Waals surface area (Å²) < 4.78 is 1.65. The summed E-state index contributed by atoms with van der Waals surface area (Å²) in [5.74, 6) is 0.741. The number of hydrogen-bond acceptors (Lipinski definition) is 4. The number of fused-ring (bicyclic) bond motifs is 1. The molecule has 96 valence electrons. The van der Waals surface area contributed by atoms with Crippen molar-refractivity contribution >= 4 is 11.7 Å². The lowest BCUT2D eigenvalue weighted by atomic mass is 10.2. The van der Waals surface area contributed by atoms with Crippen molar-refractivity contribution < 1.29 is 4.79 Å². The number of aryl methyl sites for hydroxylation is 1. The summed E-state index contributed by atoms with van der Waals surface area (Å²) in [6.07, 6.45) is 6.95. The summed E-state index contributed by atoms with van der Waals surface area (Å²) in [4.78, 5) is 19.5. The zero-order valence-corrected chi connectivity index (χ0v) is 10.6. The van der Waals surface area contributed by atoms with E-state index in [4.69, 9.17) is 0 Å². The third kappa shape index (κ3) is 3.03. The third-order valence-electron chi connectivity index (χ3n) is 2.65. The number of nitrogens with one attached hydrogen (secondary N) is 1. The van der Waals surface area contributed by atoms with Crippen LogP contribution in [0.5, 0.6) is 0 Å². The van der Waals surface area contributed by atoms with Gasteiger partial charge in [0.15, 0.2) is 0 Å². The van der Waals surface area contributed by atoms with Crippen LogP contribution in [0.25, 0.3) is 5.78 Å². The van der Waals surface area contributed by atoms with E-state index in [-0.39, 0.29) is 11.8 Å². The quantitative estimate of drug-likeness (QED) is 0.794. The van der Waals surface area contributed by atoms with Gasteiger partial charge in [-0.15, -0.1) is 0 Å². The fraction of sp³-hybridized carbons (Fsp3) is 0.500. The van der Waals surface area contributed by atoms with Crippen LogP contribution in [0.4, 0.5) is 0 Å². The molecule has 0 aliphatic rings. The van der Waals surface area contributed by atoms with Gasteiger partial charge in [-0.05, 0) is 18.4 Å². The van der Waals surface area contributed by atoms with Crippen LogP contribution in [0.2, 0.25) is 0 Å². The van der Waals surface area contributed by atoms with Crippen molar-refractivity contribution in [3.05, 3.63) is 24.3 Å². The first kappa shape index (κ1) is 12.5. The Kier molecular flexibility index (Phi) is 3.86. The van der Waals surface area contributed by atoms with Crippen LogP contribution in [-0.2, 0) is 11.2 Å². The second-order valence-corrected chi connectivity index (χ2v) is 4.52. The van der Waals surface area contributed by atoms with E-state index in [1.54, 1.807) is 10.7 Å². The van der Waals surface area contributed by atoms with Gasteiger partial charge in [0, 0.05) is 24.9 Å². The van der Waals surface area contributed by atoms with Gasteiger partial charge in [-0.1, -0.05) is 13.8 Å². The number of rotatable bonds is 5.